The molecule has 0 unspecified atom stereocenters. The Kier molecular flexibility index (Phi) is 4.69. The second kappa shape index (κ2) is 6.58. The van der Waals surface area contributed by atoms with Gasteiger partial charge in [0.05, 0.1) is 10.5 Å². The average Bonchev–Trinajstić information content (AvgIpc) is 3.33. The summed E-state index contributed by atoms with van der Waals surface area (Å²) >= 11 is 2.16. The molecule has 2 aromatic rings. The van der Waals surface area contributed by atoms with Crippen LogP contribution < -0.4 is 9.46 Å². The van der Waals surface area contributed by atoms with Gasteiger partial charge in [0.2, 0.25) is 10.0 Å². The summed E-state index contributed by atoms with van der Waals surface area (Å²) in [6.45, 7) is 0. The molecule has 1 N–H and O–H groups in total. The summed E-state index contributed by atoms with van der Waals surface area (Å²) in [7, 11) is -3.59. The fraction of sp³-hybridized carbons (Fsp3) is 0.188. The van der Waals surface area contributed by atoms with Crippen LogP contribution in [0.3, 0.4) is 0 Å². The summed E-state index contributed by atoms with van der Waals surface area (Å²) in [4.78, 5) is 12.2. The number of carbonyl (C=O) groups is 1. The lowest BCUT2D eigenvalue weighted by molar-refractivity contribution is 0.0734. The van der Waals surface area contributed by atoms with Crippen molar-refractivity contribution < 1.29 is 17.9 Å². The van der Waals surface area contributed by atoms with Gasteiger partial charge in [0.15, 0.2) is 0 Å². The van der Waals surface area contributed by atoms with E-state index in [-0.39, 0.29) is 16.5 Å². The second-order valence-electron chi connectivity index (χ2n) is 5.27. The maximum Gasteiger partial charge on any atom is 0.343 e. The molecule has 120 valence electrons. The summed E-state index contributed by atoms with van der Waals surface area (Å²) in [6.07, 6.45) is 1.71. The van der Waals surface area contributed by atoms with Crippen molar-refractivity contribution in [3.8, 4) is 5.75 Å². The number of ether oxygens (including phenoxy) is 1. The molecule has 1 aliphatic carbocycles. The third-order valence-corrected chi connectivity index (χ3v) is 5.54. The van der Waals surface area contributed by atoms with E-state index in [0.29, 0.717) is 5.75 Å². The largest absolute Gasteiger partial charge is 0.423 e. The molecule has 5 nitrogen and oxygen atoms in total. The first-order valence-corrected chi connectivity index (χ1v) is 9.60. The normalized spacial score (nSPS) is 14.5. The Balaban J connectivity index is 1.78. The maximum atomic E-state index is 12.2. The van der Waals surface area contributed by atoms with E-state index in [1.54, 1.807) is 12.1 Å². The van der Waals surface area contributed by atoms with Gasteiger partial charge in [-0.15, -0.1) is 0 Å². The molecular weight excluding hydrogens is 429 g/mol. The molecule has 23 heavy (non-hydrogen) atoms. The van der Waals surface area contributed by atoms with Crippen molar-refractivity contribution in [1.82, 2.24) is 4.72 Å². The number of nitrogens with one attached hydrogen (secondary N) is 1. The van der Waals surface area contributed by atoms with Gasteiger partial charge in [-0.1, -0.05) is 6.07 Å². The van der Waals surface area contributed by atoms with Crippen molar-refractivity contribution in [3.63, 3.8) is 0 Å². The van der Waals surface area contributed by atoms with Gasteiger partial charge < -0.3 is 4.74 Å². The molecule has 1 saturated carbocycles. The van der Waals surface area contributed by atoms with Crippen LogP contribution in [0.15, 0.2) is 53.4 Å². The molecule has 0 aromatic heterocycles. The van der Waals surface area contributed by atoms with Crippen LogP contribution >= 0.6 is 22.6 Å². The summed E-state index contributed by atoms with van der Waals surface area (Å²) in [5.74, 6) is -0.172. The number of hydrogen-bond donors (Lipinski definition) is 1. The monoisotopic (exact) mass is 443 g/mol. The zero-order valence-corrected chi connectivity index (χ0v) is 15.0. The lowest BCUT2D eigenvalue weighted by atomic mass is 10.2. The van der Waals surface area contributed by atoms with E-state index in [1.807, 2.05) is 12.1 Å². The molecule has 0 radical (unpaired) electrons. The topological polar surface area (TPSA) is 72.5 Å². The van der Waals surface area contributed by atoms with Crippen LogP contribution in [0.2, 0.25) is 0 Å². The van der Waals surface area contributed by atoms with E-state index in [9.17, 15) is 13.2 Å². The fourth-order valence-corrected chi connectivity index (χ4v) is 3.66. The van der Waals surface area contributed by atoms with Gasteiger partial charge in [-0.05, 0) is 77.9 Å². The number of hydrogen-bond acceptors (Lipinski definition) is 4. The van der Waals surface area contributed by atoms with Gasteiger partial charge >= 0.3 is 5.97 Å². The molecule has 3 rings (SSSR count). The molecule has 0 amide bonds. The number of benzene rings is 2. The highest BCUT2D eigenvalue weighted by atomic mass is 127. The van der Waals surface area contributed by atoms with E-state index in [4.69, 9.17) is 4.74 Å². The fourth-order valence-electron chi connectivity index (χ4n) is 1.95. The molecule has 1 aliphatic rings. The van der Waals surface area contributed by atoms with Crippen LogP contribution in [0.1, 0.15) is 23.2 Å². The first kappa shape index (κ1) is 16.4. The Morgan fingerprint density at radius 2 is 1.83 bits per heavy atom. The Hall–Kier alpha value is -1.45. The molecule has 0 aliphatic heterocycles. The lowest BCUT2D eigenvalue weighted by Gasteiger charge is -2.08. The zero-order valence-electron chi connectivity index (χ0n) is 12.0. The average molecular weight is 443 g/mol. The van der Waals surface area contributed by atoms with Crippen LogP contribution in [-0.2, 0) is 10.0 Å². The van der Waals surface area contributed by atoms with Gasteiger partial charge in [-0.3, -0.25) is 0 Å². The molecule has 1 fully saturated rings. The van der Waals surface area contributed by atoms with Crippen molar-refractivity contribution in [2.24, 2.45) is 0 Å². The molecular formula is C16H14INO4S. The Morgan fingerprint density at radius 1 is 1.13 bits per heavy atom. The van der Waals surface area contributed by atoms with E-state index in [0.717, 1.165) is 16.4 Å². The predicted molar refractivity (Wildman–Crippen MR) is 93.9 cm³/mol. The smallest absolute Gasteiger partial charge is 0.343 e. The lowest BCUT2D eigenvalue weighted by Crippen LogP contribution is -2.26. The van der Waals surface area contributed by atoms with Crippen LogP contribution in [0.4, 0.5) is 0 Å². The molecule has 2 aromatic carbocycles. The number of esters is 1. The van der Waals surface area contributed by atoms with Crippen LogP contribution in [-0.4, -0.2) is 20.4 Å². The van der Waals surface area contributed by atoms with Gasteiger partial charge in [0.25, 0.3) is 0 Å². The first-order chi connectivity index (χ1) is 10.9. The maximum absolute atomic E-state index is 12.2. The summed E-state index contributed by atoms with van der Waals surface area (Å²) in [5, 5.41) is 0. The summed E-state index contributed by atoms with van der Waals surface area (Å²) in [5.41, 5.74) is 0.197. The number of carbonyl (C=O) groups excluding carboxylic acids is 1. The van der Waals surface area contributed by atoms with E-state index >= 15 is 0 Å². The van der Waals surface area contributed by atoms with Crippen molar-refractivity contribution in [3.05, 3.63) is 57.7 Å². The highest BCUT2D eigenvalue weighted by Crippen LogP contribution is 2.23. The van der Waals surface area contributed by atoms with Crippen molar-refractivity contribution in [1.29, 1.82) is 0 Å². The summed E-state index contributed by atoms with van der Waals surface area (Å²) in [6, 6.07) is 12.9. The predicted octanol–water partition coefficient (Wildman–Crippen LogP) is 2.95. The number of rotatable bonds is 5. The quantitative estimate of drug-likeness (QED) is 0.438. The van der Waals surface area contributed by atoms with Gasteiger partial charge in [-0.2, -0.15) is 0 Å². The summed E-state index contributed by atoms with van der Waals surface area (Å²) < 4.78 is 33.3. The molecule has 0 spiro atoms. The highest BCUT2D eigenvalue weighted by Gasteiger charge is 2.28. The standard InChI is InChI=1S/C16H14INO4S/c17-12-4-8-14(9-5-12)22-16(19)11-2-1-3-15(10-11)23(20,21)18-13-6-7-13/h1-5,8-10,13,18H,6-7H2. The highest BCUT2D eigenvalue weighted by molar-refractivity contribution is 14.1. The van der Waals surface area contributed by atoms with Crippen molar-refractivity contribution >= 4 is 38.6 Å². The van der Waals surface area contributed by atoms with Crippen molar-refractivity contribution in [2.75, 3.05) is 0 Å². The Labute approximate surface area is 148 Å². The Morgan fingerprint density at radius 3 is 2.48 bits per heavy atom. The van der Waals surface area contributed by atoms with E-state index in [1.165, 1.54) is 24.3 Å². The van der Waals surface area contributed by atoms with Gasteiger partial charge in [-0.25, -0.2) is 17.9 Å². The minimum Gasteiger partial charge on any atom is -0.423 e. The minimum absolute atomic E-state index is 0.0161. The molecule has 0 saturated heterocycles. The van der Waals surface area contributed by atoms with Crippen LogP contribution in [0, 0.1) is 3.57 Å². The van der Waals surface area contributed by atoms with Crippen LogP contribution in [0.5, 0.6) is 5.75 Å². The molecule has 0 heterocycles. The zero-order chi connectivity index (χ0) is 16.4. The minimum atomic E-state index is -3.59. The number of halogens is 1. The SMILES string of the molecule is O=C(Oc1ccc(I)cc1)c1cccc(S(=O)(=O)NC2CC2)c1. The van der Waals surface area contributed by atoms with Crippen LogP contribution in [0.25, 0.3) is 0 Å². The first-order valence-electron chi connectivity index (χ1n) is 7.04. The third-order valence-electron chi connectivity index (χ3n) is 3.30. The molecule has 7 heteroatoms. The Bertz CT molecular complexity index is 829. The molecule has 0 bridgehead atoms. The van der Waals surface area contributed by atoms with E-state index in [2.05, 4.69) is 27.3 Å². The van der Waals surface area contributed by atoms with Gasteiger partial charge in [0, 0.05) is 9.61 Å². The van der Waals surface area contributed by atoms with Gasteiger partial charge in [0.1, 0.15) is 5.75 Å². The third kappa shape index (κ3) is 4.30. The van der Waals surface area contributed by atoms with E-state index < -0.39 is 16.0 Å². The van der Waals surface area contributed by atoms with Crippen molar-refractivity contribution in [2.45, 2.75) is 23.8 Å². The second-order valence-corrected chi connectivity index (χ2v) is 8.23. The number of sulfonamides is 1. The molecule has 0 atom stereocenters.